The maximum absolute atomic E-state index is 13.9. The van der Waals surface area contributed by atoms with E-state index in [1.165, 1.54) is 6.07 Å². The number of aryl methyl sites for hydroxylation is 2. The van der Waals surface area contributed by atoms with Gasteiger partial charge in [-0.25, -0.2) is 23.5 Å². The van der Waals surface area contributed by atoms with Crippen LogP contribution in [0.3, 0.4) is 0 Å². The standard InChI is InChI=1S/C27H21F2N5O2.C21H23ClN4O3/c28-16-3-5-21(19(29)7-16)36-22-6-2-15(10-32-22)20-8-18-14(9-31-20)1-4-17-23-25(34-24(17)18)27(11-30-12-27)13-33-26(23)35;1-20(2,3)29-19(28)26-9-21(10-26)8-24-18(27)15-12-5-4-11-7-23-14(22)6-13(11)16(12)25-17(15)21/h2-3,5-10,30,34H,1,4,11-13H2,(H,33,35);6-7,25H,4-5,8-10H2,1-3H3,(H,24,27). The van der Waals surface area contributed by atoms with Gasteiger partial charge in [-0.05, 0) is 99.0 Å². The quantitative estimate of drug-likeness (QED) is 0.118. The average molecular weight is 900 g/mol. The number of H-pyrrole nitrogens is 2. The second kappa shape index (κ2) is 15.0. The van der Waals surface area contributed by atoms with Gasteiger partial charge >= 0.3 is 6.09 Å². The van der Waals surface area contributed by atoms with E-state index in [-0.39, 0.29) is 40.4 Å². The Bertz CT molecular complexity index is 2990. The summed E-state index contributed by atoms with van der Waals surface area (Å²) >= 11 is 6.14. The number of hydrogen-bond donors (Lipinski definition) is 5. The number of amides is 3. The molecular weight excluding hydrogens is 856 g/mol. The first kappa shape index (κ1) is 41.1. The van der Waals surface area contributed by atoms with Crippen LogP contribution in [0.1, 0.15) is 75.1 Å². The number of benzene rings is 1. The summed E-state index contributed by atoms with van der Waals surface area (Å²) < 4.78 is 38.0. The van der Waals surface area contributed by atoms with Crippen LogP contribution in [0.5, 0.6) is 11.6 Å². The van der Waals surface area contributed by atoms with Crippen molar-refractivity contribution in [1.29, 1.82) is 0 Å². The molecule has 0 saturated carbocycles. The molecule has 14 nitrogen and oxygen atoms in total. The van der Waals surface area contributed by atoms with Crippen LogP contribution in [-0.2, 0) is 41.3 Å². The van der Waals surface area contributed by atoms with Crippen LogP contribution in [0.15, 0.2) is 61.1 Å². The largest absolute Gasteiger partial charge is 0.444 e. The molecule has 6 aromatic rings. The fourth-order valence-electron chi connectivity index (χ4n) is 10.1. The highest BCUT2D eigenvalue weighted by atomic mass is 35.5. The van der Waals surface area contributed by atoms with Crippen LogP contribution in [0, 0.1) is 11.6 Å². The molecule has 6 aliphatic rings. The number of nitrogens with one attached hydrogen (secondary N) is 5. The molecule has 2 aliphatic carbocycles. The number of fused-ring (bicyclic) bond motifs is 12. The van der Waals surface area contributed by atoms with E-state index < -0.39 is 17.2 Å². The van der Waals surface area contributed by atoms with Crippen molar-refractivity contribution < 1.29 is 32.6 Å². The molecule has 0 atom stereocenters. The molecule has 0 unspecified atom stereocenters. The van der Waals surface area contributed by atoms with Crippen molar-refractivity contribution in [3.05, 3.63) is 123 Å². The molecule has 17 heteroatoms. The molecule has 5 aromatic heterocycles. The lowest BCUT2D eigenvalue weighted by atomic mass is 9.72. The van der Waals surface area contributed by atoms with Crippen LogP contribution in [0.4, 0.5) is 13.6 Å². The highest BCUT2D eigenvalue weighted by molar-refractivity contribution is 6.29. The molecule has 1 aromatic carbocycles. The Morgan fingerprint density at radius 1 is 0.754 bits per heavy atom. The summed E-state index contributed by atoms with van der Waals surface area (Å²) in [6.07, 6.45) is 8.18. The number of ether oxygens (including phenoxy) is 2. The van der Waals surface area contributed by atoms with E-state index in [1.807, 2.05) is 45.3 Å². The number of hydrogen-bond acceptors (Lipinski definition) is 9. The Hall–Kier alpha value is -6.65. The first-order valence-electron chi connectivity index (χ1n) is 21.7. The van der Waals surface area contributed by atoms with Gasteiger partial charge in [-0.2, -0.15) is 0 Å². The third kappa shape index (κ3) is 6.92. The Morgan fingerprint density at radius 3 is 1.98 bits per heavy atom. The van der Waals surface area contributed by atoms with Crippen LogP contribution < -0.4 is 20.7 Å². The maximum Gasteiger partial charge on any atom is 0.410 e. The van der Waals surface area contributed by atoms with Crippen molar-refractivity contribution >= 4 is 29.5 Å². The topological polar surface area (TPSA) is 179 Å². The molecule has 2 spiro atoms. The Labute approximate surface area is 376 Å². The van der Waals surface area contributed by atoms with Crippen molar-refractivity contribution in [3.63, 3.8) is 0 Å². The summed E-state index contributed by atoms with van der Waals surface area (Å²) in [5, 5.41) is 9.90. The van der Waals surface area contributed by atoms with Gasteiger partial charge in [0.25, 0.3) is 11.8 Å². The molecule has 5 N–H and O–H groups in total. The second-order valence-electron chi connectivity index (χ2n) is 18.8. The van der Waals surface area contributed by atoms with Crippen LogP contribution >= 0.6 is 11.6 Å². The van der Waals surface area contributed by atoms with Gasteiger partial charge in [0.2, 0.25) is 5.88 Å². The van der Waals surface area contributed by atoms with E-state index in [0.717, 1.165) is 129 Å². The van der Waals surface area contributed by atoms with E-state index in [1.54, 1.807) is 23.2 Å². The summed E-state index contributed by atoms with van der Waals surface area (Å²) in [4.78, 5) is 60.0. The average Bonchev–Trinajstić information content (AvgIpc) is 3.85. The zero-order valence-corrected chi connectivity index (χ0v) is 36.6. The van der Waals surface area contributed by atoms with Crippen LogP contribution in [-0.4, -0.2) is 92.6 Å². The maximum atomic E-state index is 13.9. The minimum Gasteiger partial charge on any atom is -0.444 e. The predicted molar refractivity (Wildman–Crippen MR) is 236 cm³/mol. The van der Waals surface area contributed by atoms with Gasteiger partial charge in [-0.1, -0.05) is 11.6 Å². The van der Waals surface area contributed by atoms with Gasteiger partial charge in [0.05, 0.1) is 39.0 Å². The third-order valence-corrected chi connectivity index (χ3v) is 13.6. The molecular formula is C48H44ClF2N9O5. The Kier molecular flexibility index (Phi) is 9.45. The molecule has 332 valence electrons. The monoisotopic (exact) mass is 899 g/mol. The molecule has 65 heavy (non-hydrogen) atoms. The van der Waals surface area contributed by atoms with Crippen molar-refractivity contribution in [2.45, 2.75) is 62.9 Å². The molecule has 2 fully saturated rings. The molecule has 4 aliphatic heterocycles. The highest BCUT2D eigenvalue weighted by Gasteiger charge is 2.54. The highest BCUT2D eigenvalue weighted by Crippen LogP contribution is 2.46. The normalized spacial score (nSPS) is 17.9. The number of halogens is 3. The predicted octanol–water partition coefficient (Wildman–Crippen LogP) is 6.95. The van der Waals surface area contributed by atoms with Gasteiger partial charge in [0, 0.05) is 98.1 Å². The summed E-state index contributed by atoms with van der Waals surface area (Å²) in [5.41, 5.74) is 12.4. The molecule has 0 radical (unpaired) electrons. The van der Waals surface area contributed by atoms with Crippen LogP contribution in [0.2, 0.25) is 5.15 Å². The van der Waals surface area contributed by atoms with Crippen LogP contribution in [0.25, 0.3) is 33.8 Å². The number of nitrogens with zero attached hydrogens (tertiary/aromatic N) is 4. The van der Waals surface area contributed by atoms with Crippen molar-refractivity contribution in [3.8, 4) is 45.4 Å². The molecule has 2 saturated heterocycles. The second-order valence-corrected chi connectivity index (χ2v) is 19.2. The van der Waals surface area contributed by atoms with E-state index in [4.69, 9.17) is 21.1 Å². The lowest BCUT2D eigenvalue weighted by Crippen LogP contribution is -2.67. The number of carbonyl (C=O) groups is 3. The number of aromatic amines is 2. The molecule has 3 amide bonds. The number of aromatic nitrogens is 5. The first-order chi connectivity index (χ1) is 31.2. The van der Waals surface area contributed by atoms with E-state index in [2.05, 4.69) is 40.9 Å². The zero-order valence-electron chi connectivity index (χ0n) is 35.8. The minimum atomic E-state index is -0.796. The fraction of sp³-hybridized carbons (Fsp3) is 0.333. The SMILES string of the molecule is CC(C)(C)OC(=O)N1CC2(CNC(=O)c3c2[nH]c2c3CCc3cnc(Cl)cc3-2)C1.O=C1NCC2(CNC2)c2[nH]c3c(c21)CCc1cnc(-c2ccc(Oc4ccc(F)cc4F)nc2)cc1-3. The van der Waals surface area contributed by atoms with Crippen molar-refractivity contribution in [2.75, 3.05) is 39.3 Å². The molecule has 9 heterocycles. The van der Waals surface area contributed by atoms with E-state index in [9.17, 15) is 23.2 Å². The van der Waals surface area contributed by atoms with E-state index in [0.29, 0.717) is 31.3 Å². The molecule has 12 rings (SSSR count). The lowest BCUT2D eigenvalue weighted by molar-refractivity contribution is -0.0113. The summed E-state index contributed by atoms with van der Waals surface area (Å²) in [6.45, 7) is 9.42. The lowest BCUT2D eigenvalue weighted by Gasteiger charge is -2.51. The van der Waals surface area contributed by atoms with E-state index >= 15 is 0 Å². The number of carbonyl (C=O) groups excluding carboxylic acids is 3. The smallest absolute Gasteiger partial charge is 0.410 e. The zero-order chi connectivity index (χ0) is 45.0. The number of pyridine rings is 3. The van der Waals surface area contributed by atoms with Crippen molar-refractivity contribution in [1.82, 2.24) is 45.8 Å². The summed E-state index contributed by atoms with van der Waals surface area (Å²) in [7, 11) is 0. The van der Waals surface area contributed by atoms with Gasteiger partial charge in [-0.15, -0.1) is 0 Å². The van der Waals surface area contributed by atoms with Gasteiger partial charge < -0.3 is 40.3 Å². The Balaban J connectivity index is 0.000000148. The third-order valence-electron chi connectivity index (χ3n) is 13.4. The summed E-state index contributed by atoms with van der Waals surface area (Å²) in [5.74, 6) is -1.44. The number of rotatable bonds is 3. The molecule has 0 bridgehead atoms. The fourth-order valence-corrected chi connectivity index (χ4v) is 10.2. The van der Waals surface area contributed by atoms with Gasteiger partial charge in [0.1, 0.15) is 16.6 Å². The first-order valence-corrected chi connectivity index (χ1v) is 22.0. The van der Waals surface area contributed by atoms with Crippen molar-refractivity contribution in [2.24, 2.45) is 0 Å². The van der Waals surface area contributed by atoms with Gasteiger partial charge in [-0.3, -0.25) is 14.6 Å². The summed E-state index contributed by atoms with van der Waals surface area (Å²) in [6, 6.07) is 10.4. The van der Waals surface area contributed by atoms with Gasteiger partial charge in [0.15, 0.2) is 11.6 Å². The number of likely N-dealkylation sites (tertiary alicyclic amines) is 1. The Morgan fingerprint density at radius 2 is 1.38 bits per heavy atom. The minimum absolute atomic E-state index is 0.00450.